The van der Waals surface area contributed by atoms with E-state index in [1.165, 1.54) is 31.2 Å². The molecule has 0 radical (unpaired) electrons. The number of rotatable bonds is 7. The zero-order chi connectivity index (χ0) is 20.5. The van der Waals surface area contributed by atoms with Crippen molar-refractivity contribution in [1.29, 1.82) is 0 Å². The maximum atomic E-state index is 11.0. The lowest BCUT2D eigenvalue weighted by Crippen LogP contribution is -2.47. The highest BCUT2D eigenvalue weighted by atomic mass is 16.5. The molecule has 2 N–H and O–H groups in total. The maximum Gasteiger partial charge on any atom is 0.127 e. The van der Waals surface area contributed by atoms with Gasteiger partial charge in [-0.25, -0.2) is 0 Å². The molecule has 1 saturated carbocycles. The van der Waals surface area contributed by atoms with Crippen LogP contribution in [-0.2, 0) is 5.41 Å². The molecule has 1 heterocycles. The van der Waals surface area contributed by atoms with Gasteiger partial charge in [0.25, 0.3) is 0 Å². The predicted octanol–water partition coefficient (Wildman–Crippen LogP) is 6.30. The van der Waals surface area contributed by atoms with Crippen LogP contribution < -0.4 is 4.74 Å². The van der Waals surface area contributed by atoms with Crippen LogP contribution in [0, 0.1) is 11.8 Å². The number of hydrogen-bond acceptors (Lipinski definition) is 3. The summed E-state index contributed by atoms with van der Waals surface area (Å²) in [5.41, 5.74) is 1.93. The van der Waals surface area contributed by atoms with E-state index in [9.17, 15) is 10.2 Å². The molecule has 3 heteroatoms. The minimum Gasteiger partial charge on any atom is -0.508 e. The average molecular weight is 389 g/mol. The molecule has 3 atom stereocenters. The topological polar surface area (TPSA) is 49.7 Å². The van der Waals surface area contributed by atoms with Crippen molar-refractivity contribution < 1.29 is 14.9 Å². The second-order valence-corrected chi connectivity index (χ2v) is 10.4. The summed E-state index contributed by atoms with van der Waals surface area (Å²) < 4.78 is 6.49. The van der Waals surface area contributed by atoms with Gasteiger partial charge in [0.05, 0.1) is 0 Å². The van der Waals surface area contributed by atoms with Gasteiger partial charge >= 0.3 is 0 Å². The number of benzene rings is 1. The highest BCUT2D eigenvalue weighted by molar-refractivity contribution is 5.53. The summed E-state index contributed by atoms with van der Waals surface area (Å²) in [4.78, 5) is 0. The van der Waals surface area contributed by atoms with E-state index in [1.54, 1.807) is 0 Å². The van der Waals surface area contributed by atoms with Crippen LogP contribution in [0.15, 0.2) is 12.1 Å². The molecule has 1 fully saturated rings. The van der Waals surface area contributed by atoms with E-state index < -0.39 is 0 Å². The Morgan fingerprint density at radius 3 is 2.57 bits per heavy atom. The number of fused-ring (bicyclic) bond motifs is 3. The Balaban J connectivity index is 1.91. The highest BCUT2D eigenvalue weighted by Crippen LogP contribution is 2.56. The largest absolute Gasteiger partial charge is 0.508 e. The third-order valence-electron chi connectivity index (χ3n) is 7.41. The van der Waals surface area contributed by atoms with Crippen LogP contribution in [0.25, 0.3) is 0 Å². The predicted molar refractivity (Wildman–Crippen MR) is 115 cm³/mol. The molecule has 3 nitrogen and oxygen atoms in total. The van der Waals surface area contributed by atoms with Crippen LogP contribution in [-0.4, -0.2) is 22.4 Å². The van der Waals surface area contributed by atoms with Crippen molar-refractivity contribution in [1.82, 2.24) is 0 Å². The fraction of sp³-hybridized carbons (Fsp3) is 0.760. The van der Waals surface area contributed by atoms with E-state index in [1.807, 2.05) is 6.07 Å². The first-order valence-corrected chi connectivity index (χ1v) is 11.4. The zero-order valence-electron chi connectivity index (χ0n) is 18.6. The molecule has 0 unspecified atom stereocenters. The summed E-state index contributed by atoms with van der Waals surface area (Å²) in [5.74, 6) is 2.24. The van der Waals surface area contributed by atoms with E-state index in [4.69, 9.17) is 4.74 Å². The van der Waals surface area contributed by atoms with Gasteiger partial charge in [0.1, 0.15) is 17.1 Å². The molecular weight excluding hydrogens is 348 g/mol. The molecule has 1 aliphatic carbocycles. The Labute approximate surface area is 171 Å². The van der Waals surface area contributed by atoms with Gasteiger partial charge in [-0.2, -0.15) is 0 Å². The molecule has 3 rings (SSSR count). The summed E-state index contributed by atoms with van der Waals surface area (Å²) >= 11 is 0. The lowest BCUT2D eigenvalue weighted by atomic mass is 9.63. The van der Waals surface area contributed by atoms with E-state index in [0.717, 1.165) is 37.0 Å². The molecule has 0 spiro atoms. The van der Waals surface area contributed by atoms with Crippen molar-refractivity contribution in [3.8, 4) is 11.5 Å². The molecule has 28 heavy (non-hydrogen) atoms. The summed E-state index contributed by atoms with van der Waals surface area (Å²) in [6, 6.07) is 4.18. The van der Waals surface area contributed by atoms with Crippen LogP contribution in [0.5, 0.6) is 11.5 Å². The Morgan fingerprint density at radius 1 is 1.14 bits per heavy atom. The van der Waals surface area contributed by atoms with Crippen molar-refractivity contribution in [3.63, 3.8) is 0 Å². The number of aromatic hydroxyl groups is 1. The van der Waals surface area contributed by atoms with E-state index in [2.05, 4.69) is 40.7 Å². The summed E-state index contributed by atoms with van der Waals surface area (Å²) in [6.45, 7) is 11.4. The number of ether oxygens (including phenoxy) is 1. The molecule has 1 aromatic carbocycles. The second kappa shape index (κ2) is 8.26. The Morgan fingerprint density at radius 2 is 1.89 bits per heavy atom. The van der Waals surface area contributed by atoms with Gasteiger partial charge in [-0.1, -0.05) is 46.5 Å². The molecule has 0 amide bonds. The van der Waals surface area contributed by atoms with Crippen LogP contribution in [0.1, 0.15) is 103 Å². The number of aliphatic hydroxyl groups excluding tert-OH is 1. The smallest absolute Gasteiger partial charge is 0.127 e. The average Bonchev–Trinajstić information content (AvgIpc) is 2.63. The minimum atomic E-state index is -0.242. The van der Waals surface area contributed by atoms with Gasteiger partial charge < -0.3 is 14.9 Å². The number of unbranched alkanes of at least 4 members (excludes halogenated alkanes) is 3. The quantitative estimate of drug-likeness (QED) is 0.539. The van der Waals surface area contributed by atoms with Gasteiger partial charge in [-0.05, 0) is 74.5 Å². The fourth-order valence-corrected chi connectivity index (χ4v) is 5.53. The van der Waals surface area contributed by atoms with Gasteiger partial charge in [0.15, 0.2) is 0 Å². The maximum absolute atomic E-state index is 11.0. The zero-order valence-corrected chi connectivity index (χ0v) is 18.6. The second-order valence-electron chi connectivity index (χ2n) is 10.4. The van der Waals surface area contributed by atoms with Crippen molar-refractivity contribution in [2.45, 2.75) is 103 Å². The molecule has 0 bridgehead atoms. The first kappa shape index (κ1) is 21.5. The summed E-state index contributed by atoms with van der Waals surface area (Å²) in [6.07, 6.45) is 9.18. The van der Waals surface area contributed by atoms with Crippen LogP contribution >= 0.6 is 0 Å². The van der Waals surface area contributed by atoms with Gasteiger partial charge in [0, 0.05) is 18.1 Å². The number of aliphatic hydroxyl groups is 1. The normalized spacial score (nSPS) is 26.3. The van der Waals surface area contributed by atoms with Gasteiger partial charge in [-0.15, -0.1) is 0 Å². The third-order valence-corrected chi connectivity index (χ3v) is 7.41. The monoisotopic (exact) mass is 388 g/mol. The lowest BCUT2D eigenvalue weighted by Gasteiger charge is -2.49. The first-order valence-electron chi connectivity index (χ1n) is 11.4. The van der Waals surface area contributed by atoms with Crippen molar-refractivity contribution >= 4 is 0 Å². The SMILES string of the molecule is CCCCCCC(C)(C)c1cc(O)c2c(c1)OC(C)(C)[C@H]1CC[C@@H](CO)C[C@H]21. The molecule has 1 aromatic rings. The molecule has 0 saturated heterocycles. The third kappa shape index (κ3) is 4.20. The van der Waals surface area contributed by atoms with E-state index in [0.29, 0.717) is 17.6 Å². The number of phenols is 1. The van der Waals surface area contributed by atoms with E-state index >= 15 is 0 Å². The van der Waals surface area contributed by atoms with Crippen molar-refractivity contribution in [3.05, 3.63) is 23.3 Å². The highest BCUT2D eigenvalue weighted by Gasteiger charge is 2.47. The fourth-order valence-electron chi connectivity index (χ4n) is 5.53. The van der Waals surface area contributed by atoms with Crippen LogP contribution in [0.4, 0.5) is 0 Å². The summed E-state index contributed by atoms with van der Waals surface area (Å²) in [7, 11) is 0. The van der Waals surface area contributed by atoms with Gasteiger partial charge in [0.2, 0.25) is 0 Å². The van der Waals surface area contributed by atoms with Crippen LogP contribution in [0.3, 0.4) is 0 Å². The minimum absolute atomic E-state index is 0.0187. The molecule has 158 valence electrons. The summed E-state index contributed by atoms with van der Waals surface area (Å²) in [5, 5.41) is 20.7. The Kier molecular flexibility index (Phi) is 6.34. The van der Waals surface area contributed by atoms with Crippen LogP contribution in [0.2, 0.25) is 0 Å². The standard InChI is InChI=1S/C25H40O3/c1-6-7-8-9-12-24(2,3)18-14-21(27)23-19-13-17(16-26)10-11-20(19)25(4,5)28-22(23)15-18/h14-15,17,19-20,26-27H,6-13,16H2,1-5H3/t17-,19+,20+/m1/s1. The number of hydrogen-bond donors (Lipinski definition) is 2. The number of phenolic OH excluding ortho intramolecular Hbond substituents is 1. The molecule has 2 aliphatic rings. The van der Waals surface area contributed by atoms with Gasteiger partial charge in [-0.3, -0.25) is 0 Å². The Bertz CT molecular complexity index is 677. The molecular formula is C25H40O3. The Hall–Kier alpha value is -1.22. The first-order chi connectivity index (χ1) is 13.2. The van der Waals surface area contributed by atoms with Crippen molar-refractivity contribution in [2.75, 3.05) is 6.61 Å². The molecule has 0 aromatic heterocycles. The molecule has 1 aliphatic heterocycles. The van der Waals surface area contributed by atoms with Crippen molar-refractivity contribution in [2.24, 2.45) is 11.8 Å². The lowest BCUT2D eigenvalue weighted by molar-refractivity contribution is -0.0211. The van der Waals surface area contributed by atoms with E-state index in [-0.39, 0.29) is 23.5 Å².